The smallest absolute Gasteiger partial charge is 0.326 e. The Labute approximate surface area is 117 Å². The standard InChI is InChI=1S/C13H12F5NO2/c14-7-8(15)10(17)12(11(18)9(7)16)19-5-3-1-2-4-6(19)13(20)21/h6H,1-5H2,(H,20,21). The first-order chi connectivity index (χ1) is 9.86. The number of nitrogens with zero attached hydrogens (tertiary/aromatic N) is 1. The summed E-state index contributed by atoms with van der Waals surface area (Å²) in [6.45, 7) is -0.0880. The highest BCUT2D eigenvalue weighted by Crippen LogP contribution is 2.33. The van der Waals surface area contributed by atoms with Crippen molar-refractivity contribution in [2.24, 2.45) is 0 Å². The van der Waals surface area contributed by atoms with Gasteiger partial charge in [-0.3, -0.25) is 0 Å². The maximum atomic E-state index is 13.8. The average Bonchev–Trinajstić information content (AvgIpc) is 2.69. The Morgan fingerprint density at radius 2 is 1.43 bits per heavy atom. The van der Waals surface area contributed by atoms with Crippen molar-refractivity contribution in [2.45, 2.75) is 31.7 Å². The highest BCUT2D eigenvalue weighted by atomic mass is 19.2. The number of aliphatic carboxylic acids is 1. The number of carbonyl (C=O) groups is 1. The molecular formula is C13H12F5NO2. The number of hydrogen-bond donors (Lipinski definition) is 1. The molecular weight excluding hydrogens is 297 g/mol. The lowest BCUT2D eigenvalue weighted by molar-refractivity contribution is -0.138. The van der Waals surface area contributed by atoms with Gasteiger partial charge in [0.15, 0.2) is 23.3 Å². The van der Waals surface area contributed by atoms with Crippen molar-refractivity contribution in [1.82, 2.24) is 0 Å². The van der Waals surface area contributed by atoms with Gasteiger partial charge in [0.1, 0.15) is 11.7 Å². The summed E-state index contributed by atoms with van der Waals surface area (Å²) in [5, 5.41) is 9.12. The molecule has 21 heavy (non-hydrogen) atoms. The summed E-state index contributed by atoms with van der Waals surface area (Å²) in [5.74, 6) is -11.8. The van der Waals surface area contributed by atoms with E-state index in [9.17, 15) is 26.7 Å². The van der Waals surface area contributed by atoms with Crippen LogP contribution in [0.1, 0.15) is 25.7 Å². The molecule has 0 radical (unpaired) electrons. The van der Waals surface area contributed by atoms with E-state index < -0.39 is 46.8 Å². The van der Waals surface area contributed by atoms with Crippen molar-refractivity contribution in [3.63, 3.8) is 0 Å². The Hall–Kier alpha value is -1.86. The second-order valence-corrected chi connectivity index (χ2v) is 4.82. The molecule has 1 aliphatic heterocycles. The Morgan fingerprint density at radius 1 is 0.905 bits per heavy atom. The predicted octanol–water partition coefficient (Wildman–Crippen LogP) is 3.22. The molecule has 8 heteroatoms. The predicted molar refractivity (Wildman–Crippen MR) is 63.5 cm³/mol. The van der Waals surface area contributed by atoms with E-state index in [1.165, 1.54) is 0 Å². The molecule has 0 amide bonds. The van der Waals surface area contributed by atoms with Crippen molar-refractivity contribution in [3.05, 3.63) is 29.1 Å². The van der Waals surface area contributed by atoms with Crippen LogP contribution in [0, 0.1) is 29.1 Å². The van der Waals surface area contributed by atoms with Gasteiger partial charge in [-0.25, -0.2) is 26.7 Å². The van der Waals surface area contributed by atoms with E-state index >= 15 is 0 Å². The summed E-state index contributed by atoms with van der Waals surface area (Å²) in [6, 6.07) is -1.32. The van der Waals surface area contributed by atoms with Crippen LogP contribution in [-0.4, -0.2) is 23.7 Å². The first-order valence-electron chi connectivity index (χ1n) is 6.37. The molecule has 1 atom stereocenters. The zero-order chi connectivity index (χ0) is 15.7. The van der Waals surface area contributed by atoms with Gasteiger partial charge in [0.2, 0.25) is 5.82 Å². The summed E-state index contributed by atoms with van der Waals surface area (Å²) < 4.78 is 67.1. The minimum atomic E-state index is -2.25. The molecule has 1 aromatic rings. The van der Waals surface area contributed by atoms with Crippen molar-refractivity contribution < 1.29 is 31.9 Å². The molecule has 1 aromatic carbocycles. The molecule has 0 spiro atoms. The van der Waals surface area contributed by atoms with Gasteiger partial charge in [0, 0.05) is 6.54 Å². The molecule has 2 rings (SSSR count). The summed E-state index contributed by atoms with van der Waals surface area (Å²) in [6.07, 6.45) is 1.61. The van der Waals surface area contributed by atoms with Crippen LogP contribution in [0.5, 0.6) is 0 Å². The Morgan fingerprint density at radius 3 is 1.95 bits per heavy atom. The van der Waals surface area contributed by atoms with Crippen molar-refractivity contribution in [3.8, 4) is 0 Å². The Balaban J connectivity index is 2.60. The molecule has 1 fully saturated rings. The molecule has 1 saturated heterocycles. The zero-order valence-corrected chi connectivity index (χ0v) is 10.8. The van der Waals surface area contributed by atoms with E-state index in [-0.39, 0.29) is 13.0 Å². The first kappa shape index (κ1) is 15.5. The second kappa shape index (κ2) is 5.87. The number of rotatable bonds is 2. The topological polar surface area (TPSA) is 40.5 Å². The van der Waals surface area contributed by atoms with Crippen LogP contribution in [0.25, 0.3) is 0 Å². The van der Waals surface area contributed by atoms with Gasteiger partial charge < -0.3 is 10.0 Å². The van der Waals surface area contributed by atoms with Crippen LogP contribution in [0.4, 0.5) is 27.6 Å². The van der Waals surface area contributed by atoms with Gasteiger partial charge in [-0.15, -0.1) is 0 Å². The molecule has 116 valence electrons. The zero-order valence-electron chi connectivity index (χ0n) is 10.8. The van der Waals surface area contributed by atoms with E-state index in [1.807, 2.05) is 0 Å². The van der Waals surface area contributed by atoms with Crippen molar-refractivity contribution in [1.29, 1.82) is 0 Å². The summed E-state index contributed by atoms with van der Waals surface area (Å²) in [7, 11) is 0. The number of benzene rings is 1. The molecule has 0 bridgehead atoms. The van der Waals surface area contributed by atoms with Gasteiger partial charge >= 0.3 is 5.97 Å². The van der Waals surface area contributed by atoms with Gasteiger partial charge in [0.25, 0.3) is 0 Å². The van der Waals surface area contributed by atoms with Gasteiger partial charge in [-0.2, -0.15) is 0 Å². The lowest BCUT2D eigenvalue weighted by Crippen LogP contribution is -2.42. The van der Waals surface area contributed by atoms with E-state index in [2.05, 4.69) is 0 Å². The molecule has 1 aliphatic rings. The monoisotopic (exact) mass is 309 g/mol. The molecule has 0 aliphatic carbocycles. The van der Waals surface area contributed by atoms with Crippen LogP contribution in [0.15, 0.2) is 0 Å². The lowest BCUT2D eigenvalue weighted by Gasteiger charge is -2.29. The fourth-order valence-electron chi connectivity index (χ4n) is 2.48. The normalized spacial score (nSPS) is 19.5. The number of halogens is 5. The molecule has 0 aromatic heterocycles. The number of hydrogen-bond acceptors (Lipinski definition) is 2. The Kier molecular flexibility index (Phi) is 4.34. The van der Waals surface area contributed by atoms with E-state index in [0.29, 0.717) is 19.3 Å². The molecule has 3 nitrogen and oxygen atoms in total. The number of anilines is 1. The van der Waals surface area contributed by atoms with E-state index in [0.717, 1.165) is 4.90 Å². The van der Waals surface area contributed by atoms with Crippen LogP contribution in [0.3, 0.4) is 0 Å². The second-order valence-electron chi connectivity index (χ2n) is 4.82. The quantitative estimate of drug-likeness (QED) is 0.518. The van der Waals surface area contributed by atoms with Crippen LogP contribution in [0.2, 0.25) is 0 Å². The van der Waals surface area contributed by atoms with Gasteiger partial charge in [0.05, 0.1) is 0 Å². The SMILES string of the molecule is O=C(O)C1CCCCCN1c1c(F)c(F)c(F)c(F)c1F. The highest BCUT2D eigenvalue weighted by molar-refractivity contribution is 5.78. The third-order valence-corrected chi connectivity index (χ3v) is 3.51. The maximum absolute atomic E-state index is 13.8. The highest BCUT2D eigenvalue weighted by Gasteiger charge is 2.35. The van der Waals surface area contributed by atoms with Gasteiger partial charge in [-0.05, 0) is 12.8 Å². The third-order valence-electron chi connectivity index (χ3n) is 3.51. The maximum Gasteiger partial charge on any atom is 0.326 e. The first-order valence-corrected chi connectivity index (χ1v) is 6.37. The molecule has 1 heterocycles. The van der Waals surface area contributed by atoms with Crippen LogP contribution in [-0.2, 0) is 4.79 Å². The fourth-order valence-corrected chi connectivity index (χ4v) is 2.48. The van der Waals surface area contributed by atoms with Crippen LogP contribution >= 0.6 is 0 Å². The minimum absolute atomic E-state index is 0.0782. The minimum Gasteiger partial charge on any atom is -0.480 e. The average molecular weight is 309 g/mol. The summed E-state index contributed by atoms with van der Waals surface area (Å²) >= 11 is 0. The largest absolute Gasteiger partial charge is 0.480 e. The number of carboxylic acid groups (broad SMARTS) is 1. The lowest BCUT2D eigenvalue weighted by atomic mass is 10.1. The van der Waals surface area contributed by atoms with Gasteiger partial charge in [-0.1, -0.05) is 12.8 Å². The van der Waals surface area contributed by atoms with E-state index in [1.54, 1.807) is 0 Å². The summed E-state index contributed by atoms with van der Waals surface area (Å²) in [4.78, 5) is 12.0. The fraction of sp³-hybridized carbons (Fsp3) is 0.462. The molecule has 0 saturated carbocycles. The van der Waals surface area contributed by atoms with Crippen molar-refractivity contribution in [2.75, 3.05) is 11.4 Å². The molecule has 1 unspecified atom stereocenters. The third kappa shape index (κ3) is 2.66. The number of carboxylic acids is 1. The molecule has 1 N–H and O–H groups in total. The Bertz CT molecular complexity index is 549. The van der Waals surface area contributed by atoms with E-state index in [4.69, 9.17) is 5.11 Å². The summed E-state index contributed by atoms with van der Waals surface area (Å²) in [5.41, 5.74) is -1.17. The van der Waals surface area contributed by atoms with Crippen LogP contribution < -0.4 is 4.90 Å². The van der Waals surface area contributed by atoms with Crippen molar-refractivity contribution >= 4 is 11.7 Å².